The molecule has 64 valence electrons. The molecule has 0 saturated carbocycles. The van der Waals surface area contributed by atoms with Gasteiger partial charge in [0.1, 0.15) is 0 Å². The molecule has 2 heteroatoms. The highest BCUT2D eigenvalue weighted by atomic mass is 19.3. The van der Waals surface area contributed by atoms with Gasteiger partial charge in [0.05, 0.1) is 0 Å². The summed E-state index contributed by atoms with van der Waals surface area (Å²) in [5, 5.41) is 0. The molecule has 1 aromatic carbocycles. The zero-order chi connectivity index (χ0) is 8.97. The van der Waals surface area contributed by atoms with E-state index in [9.17, 15) is 8.78 Å². The smallest absolute Gasteiger partial charge is 0.205 e. The van der Waals surface area contributed by atoms with Crippen LogP contribution in [0, 0.1) is 0 Å². The Kier molecular flexibility index (Phi) is 2.97. The van der Waals surface area contributed by atoms with Gasteiger partial charge in [0.25, 0.3) is 6.43 Å². The predicted octanol–water partition coefficient (Wildman–Crippen LogP) is 3.36. The van der Waals surface area contributed by atoms with Crippen LogP contribution in [0.3, 0.4) is 0 Å². The largest absolute Gasteiger partial charge is 0.259 e. The number of halogens is 2. The standard InChI is InChI=1S/C10H10F2/c1-8(10(11)12)7-9-5-3-2-4-6-9/h2-7,10H,1H3/b8-7-. The van der Waals surface area contributed by atoms with Crippen molar-refractivity contribution >= 4 is 6.08 Å². The fourth-order valence-electron chi connectivity index (χ4n) is 0.875. The molecule has 0 amide bonds. The monoisotopic (exact) mass is 168 g/mol. The van der Waals surface area contributed by atoms with E-state index in [-0.39, 0.29) is 5.57 Å². The van der Waals surface area contributed by atoms with Gasteiger partial charge in [0, 0.05) is 0 Å². The average Bonchev–Trinajstić information content (AvgIpc) is 2.06. The van der Waals surface area contributed by atoms with Crippen LogP contribution in [0.5, 0.6) is 0 Å². The van der Waals surface area contributed by atoms with Gasteiger partial charge in [-0.3, -0.25) is 0 Å². The highest BCUT2D eigenvalue weighted by molar-refractivity contribution is 5.52. The van der Waals surface area contributed by atoms with Crippen molar-refractivity contribution in [1.82, 2.24) is 0 Å². The number of benzene rings is 1. The normalized spacial score (nSPS) is 12.2. The molecule has 0 nitrogen and oxygen atoms in total. The molecule has 12 heavy (non-hydrogen) atoms. The number of hydrogen-bond donors (Lipinski definition) is 0. The van der Waals surface area contributed by atoms with Crippen LogP contribution in [-0.4, -0.2) is 6.43 Å². The quantitative estimate of drug-likeness (QED) is 0.635. The second-order valence-corrected chi connectivity index (χ2v) is 2.60. The minimum atomic E-state index is -2.36. The molecule has 0 saturated heterocycles. The number of hydrogen-bond acceptors (Lipinski definition) is 0. The minimum Gasteiger partial charge on any atom is -0.205 e. The molecule has 0 aromatic heterocycles. The summed E-state index contributed by atoms with van der Waals surface area (Å²) in [7, 11) is 0. The summed E-state index contributed by atoms with van der Waals surface area (Å²) in [4.78, 5) is 0. The summed E-state index contributed by atoms with van der Waals surface area (Å²) in [5.41, 5.74) is 0.913. The first-order valence-electron chi connectivity index (χ1n) is 3.71. The lowest BCUT2D eigenvalue weighted by atomic mass is 10.1. The third kappa shape index (κ3) is 2.46. The van der Waals surface area contributed by atoms with Crippen molar-refractivity contribution in [1.29, 1.82) is 0 Å². The van der Waals surface area contributed by atoms with Crippen molar-refractivity contribution in [3.05, 3.63) is 41.5 Å². The maximum absolute atomic E-state index is 12.0. The first-order chi connectivity index (χ1) is 5.70. The van der Waals surface area contributed by atoms with Gasteiger partial charge >= 0.3 is 0 Å². The van der Waals surface area contributed by atoms with E-state index in [1.165, 1.54) is 13.0 Å². The molecule has 0 unspecified atom stereocenters. The van der Waals surface area contributed by atoms with Crippen LogP contribution in [0.1, 0.15) is 12.5 Å². The Morgan fingerprint density at radius 2 is 1.83 bits per heavy atom. The van der Waals surface area contributed by atoms with Gasteiger partial charge < -0.3 is 0 Å². The molecule has 0 atom stereocenters. The SMILES string of the molecule is C/C(=C/c1ccccc1)C(F)F. The zero-order valence-corrected chi connectivity index (χ0v) is 6.80. The van der Waals surface area contributed by atoms with Gasteiger partial charge in [0.2, 0.25) is 0 Å². The Hall–Kier alpha value is -1.18. The van der Waals surface area contributed by atoms with E-state index < -0.39 is 6.43 Å². The van der Waals surface area contributed by atoms with E-state index in [2.05, 4.69) is 0 Å². The van der Waals surface area contributed by atoms with Crippen molar-refractivity contribution in [2.45, 2.75) is 13.3 Å². The maximum Gasteiger partial charge on any atom is 0.259 e. The van der Waals surface area contributed by atoms with E-state index in [4.69, 9.17) is 0 Å². The topological polar surface area (TPSA) is 0 Å². The van der Waals surface area contributed by atoms with E-state index >= 15 is 0 Å². The molecule has 1 aromatic rings. The van der Waals surface area contributed by atoms with Crippen LogP contribution >= 0.6 is 0 Å². The van der Waals surface area contributed by atoms with Crippen LogP contribution in [0.15, 0.2) is 35.9 Å². The Balaban J connectivity index is 2.81. The predicted molar refractivity (Wildman–Crippen MR) is 46.1 cm³/mol. The van der Waals surface area contributed by atoms with E-state index in [0.29, 0.717) is 0 Å². The molecular weight excluding hydrogens is 158 g/mol. The first kappa shape index (κ1) is 8.91. The van der Waals surface area contributed by atoms with Crippen LogP contribution in [0.2, 0.25) is 0 Å². The van der Waals surface area contributed by atoms with Crippen molar-refractivity contribution in [3.8, 4) is 0 Å². The average molecular weight is 168 g/mol. The third-order valence-electron chi connectivity index (χ3n) is 1.54. The lowest BCUT2D eigenvalue weighted by Gasteiger charge is -1.98. The molecule has 0 aliphatic carbocycles. The molecule has 0 bridgehead atoms. The third-order valence-corrected chi connectivity index (χ3v) is 1.54. The summed E-state index contributed by atoms with van der Waals surface area (Å²) in [6, 6.07) is 9.10. The summed E-state index contributed by atoms with van der Waals surface area (Å²) in [6.07, 6.45) is -0.866. The lowest BCUT2D eigenvalue weighted by Crippen LogP contribution is -1.90. The molecule has 0 aliphatic heterocycles. The molecule has 1 rings (SSSR count). The summed E-state index contributed by atoms with van der Waals surface area (Å²) in [6.45, 7) is 1.43. The van der Waals surface area contributed by atoms with Crippen molar-refractivity contribution in [3.63, 3.8) is 0 Å². The second kappa shape index (κ2) is 4.00. The zero-order valence-electron chi connectivity index (χ0n) is 6.80. The second-order valence-electron chi connectivity index (χ2n) is 2.60. The van der Waals surface area contributed by atoms with Crippen molar-refractivity contribution in [2.75, 3.05) is 0 Å². The molecular formula is C10H10F2. The number of alkyl halides is 2. The molecule has 0 aliphatic rings. The van der Waals surface area contributed by atoms with Gasteiger partial charge in [-0.1, -0.05) is 36.4 Å². The molecule has 0 N–H and O–H groups in total. The molecule has 0 radical (unpaired) electrons. The van der Waals surface area contributed by atoms with Crippen LogP contribution < -0.4 is 0 Å². The lowest BCUT2D eigenvalue weighted by molar-refractivity contribution is 0.191. The number of rotatable bonds is 2. The van der Waals surface area contributed by atoms with Crippen LogP contribution in [0.4, 0.5) is 8.78 Å². The van der Waals surface area contributed by atoms with Gasteiger partial charge in [0.15, 0.2) is 0 Å². The van der Waals surface area contributed by atoms with E-state index in [1.54, 1.807) is 12.1 Å². The molecule has 0 spiro atoms. The Morgan fingerprint density at radius 3 is 2.33 bits per heavy atom. The van der Waals surface area contributed by atoms with Crippen LogP contribution in [-0.2, 0) is 0 Å². The Labute approximate surface area is 70.5 Å². The van der Waals surface area contributed by atoms with Crippen LogP contribution in [0.25, 0.3) is 6.08 Å². The molecule has 0 fully saturated rings. The molecule has 0 heterocycles. The van der Waals surface area contributed by atoms with E-state index in [0.717, 1.165) is 5.56 Å². The highest BCUT2D eigenvalue weighted by Gasteiger charge is 2.03. The van der Waals surface area contributed by atoms with Gasteiger partial charge in [-0.05, 0) is 18.1 Å². The van der Waals surface area contributed by atoms with Gasteiger partial charge in [-0.25, -0.2) is 8.78 Å². The Morgan fingerprint density at radius 1 is 1.25 bits per heavy atom. The minimum absolute atomic E-state index is 0.0983. The van der Waals surface area contributed by atoms with Crippen molar-refractivity contribution < 1.29 is 8.78 Å². The summed E-state index contributed by atoms with van der Waals surface area (Å²) < 4.78 is 24.1. The van der Waals surface area contributed by atoms with Gasteiger partial charge in [-0.15, -0.1) is 0 Å². The van der Waals surface area contributed by atoms with E-state index in [1.807, 2.05) is 18.2 Å². The number of allylic oxidation sites excluding steroid dienone is 1. The first-order valence-corrected chi connectivity index (χ1v) is 3.71. The van der Waals surface area contributed by atoms with Crippen molar-refractivity contribution in [2.24, 2.45) is 0 Å². The fraction of sp³-hybridized carbons (Fsp3) is 0.200. The summed E-state index contributed by atoms with van der Waals surface area (Å²) in [5.74, 6) is 0. The Bertz CT molecular complexity index is 262. The summed E-state index contributed by atoms with van der Waals surface area (Å²) >= 11 is 0. The maximum atomic E-state index is 12.0. The van der Waals surface area contributed by atoms with Gasteiger partial charge in [-0.2, -0.15) is 0 Å². The fourth-order valence-corrected chi connectivity index (χ4v) is 0.875. The highest BCUT2D eigenvalue weighted by Crippen LogP contribution is 2.12.